The van der Waals surface area contributed by atoms with E-state index in [-0.39, 0.29) is 18.3 Å². The third-order valence-corrected chi connectivity index (χ3v) is 3.72. The van der Waals surface area contributed by atoms with Crippen molar-refractivity contribution in [2.24, 2.45) is 0 Å². The number of aromatic nitrogens is 2. The highest BCUT2D eigenvalue weighted by atomic mass is 79.9. The van der Waals surface area contributed by atoms with Crippen molar-refractivity contribution in [2.75, 3.05) is 37.0 Å². The summed E-state index contributed by atoms with van der Waals surface area (Å²) in [6.07, 6.45) is 1.33. The molecule has 6 nitrogen and oxygen atoms in total. The van der Waals surface area contributed by atoms with Gasteiger partial charge in [0.15, 0.2) is 0 Å². The Kier molecular flexibility index (Phi) is 4.27. The van der Waals surface area contributed by atoms with Crippen LogP contribution in [0.15, 0.2) is 10.8 Å². The topological polar surface area (TPSA) is 70.5 Å². The molecule has 1 atom stereocenters. The van der Waals surface area contributed by atoms with Gasteiger partial charge >= 0.3 is 0 Å². The zero-order chi connectivity index (χ0) is 14.0. The number of ether oxygens (including phenoxy) is 1. The highest BCUT2D eigenvalue weighted by Crippen LogP contribution is 2.32. The Bertz CT molecular complexity index is 455. The highest BCUT2D eigenvalue weighted by molar-refractivity contribution is 9.10. The first-order valence-electron chi connectivity index (χ1n) is 6.18. The van der Waals surface area contributed by atoms with Gasteiger partial charge in [-0.25, -0.2) is 9.97 Å². The number of aliphatic hydroxyl groups excluding tert-OH is 1. The van der Waals surface area contributed by atoms with E-state index in [0.717, 1.165) is 16.1 Å². The SMILES string of the molecule is CNc1ncnc(N2CC(CO)OC(C)(C)C2)c1Br. The Morgan fingerprint density at radius 2 is 2.32 bits per heavy atom. The van der Waals surface area contributed by atoms with Gasteiger partial charge in [-0.2, -0.15) is 0 Å². The van der Waals surface area contributed by atoms with Crippen LogP contribution in [-0.4, -0.2) is 53.5 Å². The third kappa shape index (κ3) is 3.16. The molecular formula is C12H19BrN4O2. The van der Waals surface area contributed by atoms with Crippen molar-refractivity contribution in [3.05, 3.63) is 10.8 Å². The lowest BCUT2D eigenvalue weighted by Gasteiger charge is -2.43. The van der Waals surface area contributed by atoms with E-state index in [2.05, 4.69) is 36.1 Å². The average Bonchev–Trinajstić information content (AvgIpc) is 2.37. The van der Waals surface area contributed by atoms with Crippen molar-refractivity contribution in [2.45, 2.75) is 25.6 Å². The minimum Gasteiger partial charge on any atom is -0.394 e. The molecule has 0 amide bonds. The van der Waals surface area contributed by atoms with E-state index in [1.807, 2.05) is 20.9 Å². The lowest BCUT2D eigenvalue weighted by atomic mass is 10.1. The van der Waals surface area contributed by atoms with Gasteiger partial charge in [-0.05, 0) is 29.8 Å². The third-order valence-electron chi connectivity index (χ3n) is 2.99. The summed E-state index contributed by atoms with van der Waals surface area (Å²) >= 11 is 3.52. The molecule has 1 unspecified atom stereocenters. The van der Waals surface area contributed by atoms with Crippen LogP contribution in [0.25, 0.3) is 0 Å². The van der Waals surface area contributed by atoms with E-state index in [1.165, 1.54) is 6.33 Å². The number of hydrogen-bond acceptors (Lipinski definition) is 6. The van der Waals surface area contributed by atoms with Gasteiger partial charge in [0.05, 0.1) is 18.3 Å². The quantitative estimate of drug-likeness (QED) is 0.869. The Morgan fingerprint density at radius 3 is 2.95 bits per heavy atom. The molecule has 1 aromatic rings. The largest absolute Gasteiger partial charge is 0.394 e. The number of nitrogens with zero attached hydrogens (tertiary/aromatic N) is 3. The van der Waals surface area contributed by atoms with Crippen molar-refractivity contribution in [1.82, 2.24) is 9.97 Å². The second kappa shape index (κ2) is 5.60. The summed E-state index contributed by atoms with van der Waals surface area (Å²) in [6.45, 7) is 5.34. The molecule has 2 heterocycles. The van der Waals surface area contributed by atoms with E-state index in [0.29, 0.717) is 13.1 Å². The second-order valence-electron chi connectivity index (χ2n) is 5.17. The molecule has 0 saturated carbocycles. The smallest absolute Gasteiger partial charge is 0.148 e. The fourth-order valence-corrected chi connectivity index (χ4v) is 2.96. The zero-order valence-corrected chi connectivity index (χ0v) is 12.9. The van der Waals surface area contributed by atoms with Crippen molar-refractivity contribution in [3.8, 4) is 0 Å². The molecule has 0 radical (unpaired) electrons. The minimum atomic E-state index is -0.324. The fraction of sp³-hybridized carbons (Fsp3) is 0.667. The number of rotatable bonds is 3. The van der Waals surface area contributed by atoms with E-state index in [4.69, 9.17) is 4.74 Å². The van der Waals surface area contributed by atoms with Crippen LogP contribution < -0.4 is 10.2 Å². The van der Waals surface area contributed by atoms with E-state index < -0.39 is 0 Å². The average molecular weight is 331 g/mol. The lowest BCUT2D eigenvalue weighted by molar-refractivity contribution is -0.101. The molecule has 7 heteroatoms. The molecule has 0 aliphatic carbocycles. The molecular weight excluding hydrogens is 312 g/mol. The maximum atomic E-state index is 9.35. The normalized spacial score (nSPS) is 22.4. The van der Waals surface area contributed by atoms with Gasteiger partial charge in [0.2, 0.25) is 0 Å². The van der Waals surface area contributed by atoms with Crippen LogP contribution in [0.2, 0.25) is 0 Å². The maximum Gasteiger partial charge on any atom is 0.148 e. The molecule has 1 fully saturated rings. The van der Waals surface area contributed by atoms with Crippen LogP contribution >= 0.6 is 15.9 Å². The van der Waals surface area contributed by atoms with Gasteiger partial charge in [0, 0.05) is 20.1 Å². The predicted octanol–water partition coefficient (Wildman–Crippen LogP) is 1.26. The predicted molar refractivity (Wildman–Crippen MR) is 77.5 cm³/mol. The molecule has 2 rings (SSSR count). The van der Waals surface area contributed by atoms with Crippen LogP contribution in [0.5, 0.6) is 0 Å². The number of hydrogen-bond donors (Lipinski definition) is 2. The molecule has 2 N–H and O–H groups in total. The van der Waals surface area contributed by atoms with E-state index in [1.54, 1.807) is 0 Å². The lowest BCUT2D eigenvalue weighted by Crippen LogP contribution is -2.54. The van der Waals surface area contributed by atoms with Gasteiger partial charge < -0.3 is 20.1 Å². The Labute approximate surface area is 121 Å². The van der Waals surface area contributed by atoms with Gasteiger partial charge in [0.1, 0.15) is 22.4 Å². The summed E-state index contributed by atoms with van der Waals surface area (Å²) in [7, 11) is 1.82. The Morgan fingerprint density at radius 1 is 1.58 bits per heavy atom. The van der Waals surface area contributed by atoms with Crippen molar-refractivity contribution < 1.29 is 9.84 Å². The van der Waals surface area contributed by atoms with Crippen LogP contribution in [0, 0.1) is 0 Å². The zero-order valence-electron chi connectivity index (χ0n) is 11.4. The number of nitrogens with one attached hydrogen (secondary N) is 1. The summed E-state index contributed by atoms with van der Waals surface area (Å²) in [4.78, 5) is 10.6. The van der Waals surface area contributed by atoms with E-state index in [9.17, 15) is 5.11 Å². The van der Waals surface area contributed by atoms with Gasteiger partial charge in [0.25, 0.3) is 0 Å². The van der Waals surface area contributed by atoms with Crippen molar-refractivity contribution in [1.29, 1.82) is 0 Å². The summed E-state index contributed by atoms with van der Waals surface area (Å²) in [5, 5.41) is 12.4. The summed E-state index contributed by atoms with van der Waals surface area (Å²) < 4.78 is 6.63. The standard InChI is InChI=1S/C12H19BrN4O2/c1-12(2)6-17(4-8(5-18)19-12)11-9(13)10(14-3)15-7-16-11/h7-8,18H,4-6H2,1-3H3,(H,14,15,16). The van der Waals surface area contributed by atoms with Crippen LogP contribution in [-0.2, 0) is 4.74 Å². The first-order valence-corrected chi connectivity index (χ1v) is 6.98. The number of aliphatic hydroxyl groups is 1. The van der Waals surface area contributed by atoms with E-state index >= 15 is 0 Å². The van der Waals surface area contributed by atoms with Gasteiger partial charge in [-0.3, -0.25) is 0 Å². The monoisotopic (exact) mass is 330 g/mol. The van der Waals surface area contributed by atoms with Gasteiger partial charge in [-0.1, -0.05) is 0 Å². The van der Waals surface area contributed by atoms with Crippen molar-refractivity contribution in [3.63, 3.8) is 0 Å². The molecule has 1 aliphatic rings. The fourth-order valence-electron chi connectivity index (χ4n) is 2.31. The molecule has 106 valence electrons. The molecule has 0 bridgehead atoms. The molecule has 1 saturated heterocycles. The minimum absolute atomic E-state index is 0.00151. The molecule has 0 spiro atoms. The van der Waals surface area contributed by atoms with Crippen LogP contribution in [0.1, 0.15) is 13.8 Å². The highest BCUT2D eigenvalue weighted by Gasteiger charge is 2.34. The molecule has 0 aromatic carbocycles. The second-order valence-corrected chi connectivity index (χ2v) is 5.97. The summed E-state index contributed by atoms with van der Waals surface area (Å²) in [5.41, 5.74) is -0.324. The maximum absolute atomic E-state index is 9.35. The first-order chi connectivity index (χ1) is 8.96. The number of halogens is 1. The Balaban J connectivity index is 2.30. The molecule has 1 aliphatic heterocycles. The summed E-state index contributed by atoms with van der Waals surface area (Å²) in [5.74, 6) is 1.56. The summed E-state index contributed by atoms with van der Waals surface area (Å²) in [6, 6.07) is 0. The Hall–Kier alpha value is -0.920. The number of morpholine rings is 1. The first kappa shape index (κ1) is 14.5. The number of anilines is 2. The molecule has 19 heavy (non-hydrogen) atoms. The molecule has 1 aromatic heterocycles. The van der Waals surface area contributed by atoms with Gasteiger partial charge in [-0.15, -0.1) is 0 Å². The van der Waals surface area contributed by atoms with Crippen LogP contribution in [0.4, 0.5) is 11.6 Å². The van der Waals surface area contributed by atoms with Crippen molar-refractivity contribution >= 4 is 27.6 Å². The van der Waals surface area contributed by atoms with Crippen LogP contribution in [0.3, 0.4) is 0 Å².